The summed E-state index contributed by atoms with van der Waals surface area (Å²) in [4.78, 5) is 0.754. The molecule has 0 aliphatic heterocycles. The third kappa shape index (κ3) is 1.60. The summed E-state index contributed by atoms with van der Waals surface area (Å²) in [6, 6.07) is 5.50. The second-order valence-corrected chi connectivity index (χ2v) is 4.76. The van der Waals surface area contributed by atoms with Crippen molar-refractivity contribution in [3.05, 3.63) is 24.0 Å². The van der Waals surface area contributed by atoms with Crippen LogP contribution in [0.2, 0.25) is 0 Å². The van der Waals surface area contributed by atoms with Crippen LogP contribution in [0.5, 0.6) is 5.75 Å². The number of hydrogen-bond donors (Lipinski definition) is 1. The van der Waals surface area contributed by atoms with Gasteiger partial charge in [-0.1, -0.05) is 11.3 Å². The number of methoxy groups -OCH3 is 1. The molecular formula is C11H11N5OS. The highest BCUT2D eigenvalue weighted by Gasteiger charge is 2.13. The first-order chi connectivity index (χ1) is 8.69. The zero-order chi connectivity index (χ0) is 12.7. The molecule has 0 unspecified atom stereocenters. The molecule has 2 N–H and O–H groups in total. The standard InChI is InChI=1S/C11H11N5OS/c1-6-13-14-11-16(6)15-10(18-11)8-5-7(17-2)3-4-9(8)12/h3-5H,12H2,1-2H3. The van der Waals surface area contributed by atoms with E-state index in [1.807, 2.05) is 25.1 Å². The van der Waals surface area contributed by atoms with E-state index in [1.54, 1.807) is 11.6 Å². The lowest BCUT2D eigenvalue weighted by Crippen LogP contribution is -1.93. The predicted molar refractivity (Wildman–Crippen MR) is 69.8 cm³/mol. The van der Waals surface area contributed by atoms with Crippen molar-refractivity contribution in [3.8, 4) is 16.3 Å². The lowest BCUT2D eigenvalue weighted by atomic mass is 10.2. The zero-order valence-corrected chi connectivity index (χ0v) is 10.7. The van der Waals surface area contributed by atoms with E-state index in [-0.39, 0.29) is 0 Å². The van der Waals surface area contributed by atoms with Crippen molar-refractivity contribution in [3.63, 3.8) is 0 Å². The van der Waals surface area contributed by atoms with Crippen LogP contribution < -0.4 is 10.5 Å². The fraction of sp³-hybridized carbons (Fsp3) is 0.182. The topological polar surface area (TPSA) is 78.3 Å². The Hall–Kier alpha value is -2.15. The highest BCUT2D eigenvalue weighted by Crippen LogP contribution is 2.32. The van der Waals surface area contributed by atoms with Gasteiger partial charge in [-0.05, 0) is 25.1 Å². The van der Waals surface area contributed by atoms with Crippen molar-refractivity contribution in [2.24, 2.45) is 0 Å². The van der Waals surface area contributed by atoms with E-state index in [4.69, 9.17) is 10.5 Å². The molecule has 0 amide bonds. The highest BCUT2D eigenvalue weighted by molar-refractivity contribution is 7.19. The van der Waals surface area contributed by atoms with Crippen molar-refractivity contribution >= 4 is 22.0 Å². The molecule has 1 aromatic carbocycles. The second kappa shape index (κ2) is 3.95. The van der Waals surface area contributed by atoms with E-state index >= 15 is 0 Å². The van der Waals surface area contributed by atoms with Crippen molar-refractivity contribution in [2.45, 2.75) is 6.92 Å². The fourth-order valence-electron chi connectivity index (χ4n) is 1.67. The Morgan fingerprint density at radius 2 is 2.17 bits per heavy atom. The minimum atomic E-state index is 0.665. The minimum absolute atomic E-state index is 0.665. The van der Waals surface area contributed by atoms with Gasteiger partial charge in [0.05, 0.1) is 7.11 Å². The molecule has 6 nitrogen and oxygen atoms in total. The number of hydrogen-bond acceptors (Lipinski definition) is 6. The molecule has 2 aromatic heterocycles. The van der Waals surface area contributed by atoms with Crippen LogP contribution in [0, 0.1) is 6.92 Å². The Morgan fingerprint density at radius 3 is 2.89 bits per heavy atom. The quantitative estimate of drug-likeness (QED) is 0.711. The Morgan fingerprint density at radius 1 is 1.33 bits per heavy atom. The van der Waals surface area contributed by atoms with Crippen molar-refractivity contribution in [1.82, 2.24) is 19.8 Å². The van der Waals surface area contributed by atoms with Crippen molar-refractivity contribution < 1.29 is 4.74 Å². The Kier molecular flexibility index (Phi) is 2.41. The van der Waals surface area contributed by atoms with Gasteiger partial charge in [-0.2, -0.15) is 9.61 Å². The van der Waals surface area contributed by atoms with Crippen LogP contribution in [0.25, 0.3) is 15.5 Å². The lowest BCUT2D eigenvalue weighted by molar-refractivity contribution is 0.415. The fourth-order valence-corrected chi connectivity index (χ4v) is 2.59. The first-order valence-corrected chi connectivity index (χ1v) is 6.13. The van der Waals surface area contributed by atoms with Crippen molar-refractivity contribution in [1.29, 1.82) is 0 Å². The molecule has 3 aromatic rings. The molecular weight excluding hydrogens is 250 g/mol. The van der Waals surface area contributed by atoms with Gasteiger partial charge in [0.2, 0.25) is 4.96 Å². The van der Waals surface area contributed by atoms with Gasteiger partial charge in [0.15, 0.2) is 5.82 Å². The summed E-state index contributed by atoms with van der Waals surface area (Å²) in [6.07, 6.45) is 0. The van der Waals surface area contributed by atoms with E-state index in [0.29, 0.717) is 5.69 Å². The summed E-state index contributed by atoms with van der Waals surface area (Å²) >= 11 is 1.45. The average Bonchev–Trinajstić information content (AvgIpc) is 2.93. The maximum atomic E-state index is 5.97. The smallest absolute Gasteiger partial charge is 0.234 e. The number of rotatable bonds is 2. The summed E-state index contributed by atoms with van der Waals surface area (Å²) in [5.41, 5.74) is 7.49. The van der Waals surface area contributed by atoms with Gasteiger partial charge in [0.25, 0.3) is 0 Å². The molecule has 0 radical (unpaired) electrons. The summed E-state index contributed by atoms with van der Waals surface area (Å²) in [6.45, 7) is 1.86. The number of ether oxygens (including phenoxy) is 1. The molecule has 2 heterocycles. The Balaban J connectivity index is 2.18. The number of nitrogens with two attached hydrogens (primary N) is 1. The molecule has 0 saturated carbocycles. The minimum Gasteiger partial charge on any atom is -0.497 e. The molecule has 92 valence electrons. The van der Waals surface area contributed by atoms with Gasteiger partial charge in [0, 0.05) is 11.3 Å². The largest absolute Gasteiger partial charge is 0.497 e. The molecule has 0 spiro atoms. The van der Waals surface area contributed by atoms with Crippen LogP contribution in [0.1, 0.15) is 5.82 Å². The monoisotopic (exact) mass is 261 g/mol. The van der Waals surface area contributed by atoms with Crippen LogP contribution in [0.4, 0.5) is 5.69 Å². The second-order valence-electron chi connectivity index (χ2n) is 3.80. The van der Waals surface area contributed by atoms with Gasteiger partial charge < -0.3 is 10.5 Å². The molecule has 0 fully saturated rings. The molecule has 3 rings (SSSR count). The van der Waals surface area contributed by atoms with Gasteiger partial charge in [0.1, 0.15) is 10.8 Å². The van der Waals surface area contributed by atoms with Gasteiger partial charge in [-0.3, -0.25) is 0 Å². The molecule has 0 saturated heterocycles. The van der Waals surface area contributed by atoms with E-state index < -0.39 is 0 Å². The lowest BCUT2D eigenvalue weighted by Gasteiger charge is -2.04. The molecule has 18 heavy (non-hydrogen) atoms. The summed E-state index contributed by atoms with van der Waals surface area (Å²) in [5.74, 6) is 1.51. The summed E-state index contributed by atoms with van der Waals surface area (Å²) in [5, 5.41) is 13.2. The first-order valence-electron chi connectivity index (χ1n) is 5.32. The number of aromatic nitrogens is 4. The summed E-state index contributed by atoms with van der Waals surface area (Å²) < 4.78 is 6.90. The predicted octanol–water partition coefficient (Wildman–Crippen LogP) is 1.75. The Labute approximate surface area is 107 Å². The van der Waals surface area contributed by atoms with Gasteiger partial charge in [-0.15, -0.1) is 10.2 Å². The molecule has 0 aliphatic rings. The van der Waals surface area contributed by atoms with Crippen LogP contribution in [0.15, 0.2) is 18.2 Å². The SMILES string of the molecule is COc1ccc(N)c(-c2nn3c(C)nnc3s2)c1. The van der Waals surface area contributed by atoms with E-state index in [0.717, 1.165) is 27.1 Å². The highest BCUT2D eigenvalue weighted by atomic mass is 32.1. The average molecular weight is 261 g/mol. The molecule has 0 bridgehead atoms. The van der Waals surface area contributed by atoms with Crippen LogP contribution in [-0.2, 0) is 0 Å². The number of nitrogen functional groups attached to an aromatic ring is 1. The molecule has 0 aliphatic carbocycles. The van der Waals surface area contributed by atoms with E-state index in [2.05, 4.69) is 15.3 Å². The zero-order valence-electron chi connectivity index (χ0n) is 9.91. The van der Waals surface area contributed by atoms with Crippen molar-refractivity contribution in [2.75, 3.05) is 12.8 Å². The van der Waals surface area contributed by atoms with Crippen LogP contribution >= 0.6 is 11.3 Å². The number of nitrogens with zero attached hydrogens (tertiary/aromatic N) is 4. The van der Waals surface area contributed by atoms with Crippen LogP contribution in [0.3, 0.4) is 0 Å². The van der Waals surface area contributed by atoms with E-state index in [9.17, 15) is 0 Å². The van der Waals surface area contributed by atoms with E-state index in [1.165, 1.54) is 11.3 Å². The number of anilines is 1. The number of benzene rings is 1. The summed E-state index contributed by atoms with van der Waals surface area (Å²) in [7, 11) is 1.62. The maximum absolute atomic E-state index is 5.97. The third-order valence-electron chi connectivity index (χ3n) is 2.64. The first kappa shape index (κ1) is 11.0. The Bertz CT molecular complexity index is 717. The maximum Gasteiger partial charge on any atom is 0.234 e. The normalized spacial score (nSPS) is 11.0. The number of aryl methyl sites for hydroxylation is 1. The third-order valence-corrected chi connectivity index (χ3v) is 3.57. The van der Waals surface area contributed by atoms with Crippen LogP contribution in [-0.4, -0.2) is 26.9 Å². The molecule has 7 heteroatoms. The van der Waals surface area contributed by atoms with Gasteiger partial charge >= 0.3 is 0 Å². The van der Waals surface area contributed by atoms with Gasteiger partial charge in [-0.25, -0.2) is 0 Å². The molecule has 0 atom stereocenters. The number of fused-ring (bicyclic) bond motifs is 1.